The first-order valence-corrected chi connectivity index (χ1v) is 16.5. The lowest BCUT2D eigenvalue weighted by molar-refractivity contribution is -0.117. The van der Waals surface area contributed by atoms with Crippen molar-refractivity contribution >= 4 is 40.6 Å². The van der Waals surface area contributed by atoms with Gasteiger partial charge in [-0.15, -0.1) is 10.2 Å². The highest BCUT2D eigenvalue weighted by molar-refractivity contribution is 6.01. The zero-order valence-electron chi connectivity index (χ0n) is 28.9. The number of benzene rings is 2. The number of para-hydroxylation sites is 1. The van der Waals surface area contributed by atoms with Crippen molar-refractivity contribution < 1.29 is 14.4 Å². The summed E-state index contributed by atoms with van der Waals surface area (Å²) in [6, 6.07) is 19.1. The highest BCUT2D eigenvalue weighted by atomic mass is 16.2. The summed E-state index contributed by atoms with van der Waals surface area (Å²) in [6.45, 7) is 6.56. The average molecular weight is 651 g/mol. The molecule has 0 bridgehead atoms. The minimum atomic E-state index is -0.410. The second kappa shape index (κ2) is 16.5. The Balaban J connectivity index is 0.00000255. The highest BCUT2D eigenvalue weighted by Crippen LogP contribution is 2.38. The van der Waals surface area contributed by atoms with Gasteiger partial charge in [-0.2, -0.15) is 0 Å². The van der Waals surface area contributed by atoms with Crippen LogP contribution in [-0.2, 0) is 17.8 Å². The van der Waals surface area contributed by atoms with Gasteiger partial charge in [0, 0.05) is 57.5 Å². The minimum absolute atomic E-state index is 0.00411. The number of aryl methyl sites for hydroxylation is 1. The number of carbonyl (C=O) groups is 3. The standard InChI is InChI=1S/C35H40N8O3.C2H6/c1-6-8-22-17-18-37-26(19-22)21-43(5)35(46)25-15-11-23(12-16-25)27-9-7-10-28(32(27)42(3)4)38-29-20-30(39-33(44)24-13-14-24)40-41-31(29)34(45)36-2;1-2/h7,9-12,15-20,24H,6,8,13-14,21H2,1-5H3,(H,36,45)(H2,38,39,40,44);1-2H3. The fourth-order valence-corrected chi connectivity index (χ4v) is 5.30. The van der Waals surface area contributed by atoms with Gasteiger partial charge in [0.25, 0.3) is 11.8 Å². The lowest BCUT2D eigenvalue weighted by Crippen LogP contribution is -2.26. The topological polar surface area (TPSA) is 132 Å². The third-order valence-electron chi connectivity index (χ3n) is 7.80. The van der Waals surface area contributed by atoms with Crippen LogP contribution >= 0.6 is 0 Å². The molecule has 11 heteroatoms. The average Bonchev–Trinajstić information content (AvgIpc) is 3.95. The van der Waals surface area contributed by atoms with Crippen LogP contribution in [0.25, 0.3) is 11.1 Å². The largest absolute Gasteiger partial charge is 0.375 e. The van der Waals surface area contributed by atoms with Crippen molar-refractivity contribution in [3.05, 3.63) is 89.4 Å². The molecule has 1 aliphatic rings. The molecule has 0 spiro atoms. The molecule has 4 aromatic rings. The van der Waals surface area contributed by atoms with E-state index in [0.717, 1.165) is 53.9 Å². The Hall–Kier alpha value is -5.32. The summed E-state index contributed by atoms with van der Waals surface area (Å²) in [5, 5.41) is 16.9. The number of pyridine rings is 1. The van der Waals surface area contributed by atoms with Gasteiger partial charge in [0.2, 0.25) is 5.91 Å². The van der Waals surface area contributed by atoms with Gasteiger partial charge in [0.15, 0.2) is 11.5 Å². The normalized spacial score (nSPS) is 11.9. The van der Waals surface area contributed by atoms with Crippen molar-refractivity contribution in [1.29, 1.82) is 0 Å². The second-order valence-corrected chi connectivity index (χ2v) is 11.7. The van der Waals surface area contributed by atoms with Gasteiger partial charge in [-0.1, -0.05) is 51.5 Å². The predicted octanol–water partition coefficient (Wildman–Crippen LogP) is 6.31. The van der Waals surface area contributed by atoms with E-state index in [2.05, 4.69) is 44.1 Å². The summed E-state index contributed by atoms with van der Waals surface area (Å²) in [5.74, 6) is -0.337. The van der Waals surface area contributed by atoms with Crippen LogP contribution in [0.3, 0.4) is 0 Å². The Morgan fingerprint density at radius 3 is 2.29 bits per heavy atom. The van der Waals surface area contributed by atoms with Gasteiger partial charge < -0.3 is 25.8 Å². The Morgan fingerprint density at radius 1 is 0.917 bits per heavy atom. The summed E-state index contributed by atoms with van der Waals surface area (Å²) >= 11 is 0. The summed E-state index contributed by atoms with van der Waals surface area (Å²) in [6.07, 6.45) is 5.55. The van der Waals surface area contributed by atoms with Gasteiger partial charge in [0.1, 0.15) is 0 Å². The number of amides is 3. The second-order valence-electron chi connectivity index (χ2n) is 11.7. The van der Waals surface area contributed by atoms with Crippen molar-refractivity contribution in [3.63, 3.8) is 0 Å². The zero-order valence-corrected chi connectivity index (χ0v) is 28.9. The van der Waals surface area contributed by atoms with Gasteiger partial charge in [0.05, 0.1) is 29.3 Å². The van der Waals surface area contributed by atoms with Crippen molar-refractivity contribution in [3.8, 4) is 11.1 Å². The number of rotatable bonds is 12. The minimum Gasteiger partial charge on any atom is -0.375 e. The molecule has 0 saturated heterocycles. The molecule has 1 saturated carbocycles. The summed E-state index contributed by atoms with van der Waals surface area (Å²) in [7, 11) is 7.18. The summed E-state index contributed by atoms with van der Waals surface area (Å²) in [5.41, 5.74) is 6.58. The van der Waals surface area contributed by atoms with E-state index in [-0.39, 0.29) is 29.2 Å². The number of hydrogen-bond donors (Lipinski definition) is 3. The van der Waals surface area contributed by atoms with Gasteiger partial charge in [-0.05, 0) is 60.7 Å². The number of nitrogens with zero attached hydrogens (tertiary/aromatic N) is 5. The molecule has 3 N–H and O–H groups in total. The molecule has 11 nitrogen and oxygen atoms in total. The Labute approximate surface area is 283 Å². The fraction of sp³-hybridized carbons (Fsp3) is 0.351. The number of hydrogen-bond acceptors (Lipinski definition) is 8. The smallest absolute Gasteiger partial charge is 0.273 e. The quantitative estimate of drug-likeness (QED) is 0.163. The van der Waals surface area contributed by atoms with Crippen molar-refractivity contribution in [2.45, 2.75) is 53.0 Å². The number of nitrogens with one attached hydrogen (secondary N) is 3. The number of carbonyl (C=O) groups excluding carboxylic acids is 3. The van der Waals surface area contributed by atoms with Gasteiger partial charge in [-0.3, -0.25) is 19.4 Å². The predicted molar refractivity (Wildman–Crippen MR) is 192 cm³/mol. The van der Waals surface area contributed by atoms with Crippen LogP contribution in [0.5, 0.6) is 0 Å². The fourth-order valence-electron chi connectivity index (χ4n) is 5.30. The van der Waals surface area contributed by atoms with E-state index in [9.17, 15) is 14.4 Å². The number of aromatic nitrogens is 3. The first-order valence-electron chi connectivity index (χ1n) is 16.5. The van der Waals surface area contributed by atoms with Gasteiger partial charge in [-0.25, -0.2) is 0 Å². The van der Waals surface area contributed by atoms with Crippen LogP contribution in [-0.4, -0.2) is 66.0 Å². The third-order valence-corrected chi connectivity index (χ3v) is 7.80. The van der Waals surface area contributed by atoms with E-state index in [1.165, 1.54) is 12.6 Å². The van der Waals surface area contributed by atoms with E-state index >= 15 is 0 Å². The first kappa shape index (κ1) is 35.5. The molecule has 0 radical (unpaired) electrons. The molecule has 1 aliphatic carbocycles. The molecule has 252 valence electrons. The molecule has 2 aromatic heterocycles. The SMILES string of the molecule is CC.CCCc1ccnc(CN(C)C(=O)c2ccc(-c3cccc(Nc4cc(NC(=O)C5CC5)nnc4C(=O)NC)c3N(C)C)cc2)c1. The molecule has 2 aromatic carbocycles. The van der Waals surface area contributed by atoms with Crippen LogP contribution < -0.4 is 20.9 Å². The summed E-state index contributed by atoms with van der Waals surface area (Å²) in [4.78, 5) is 46.5. The Kier molecular flexibility index (Phi) is 12.2. The van der Waals surface area contributed by atoms with Crippen LogP contribution in [0, 0.1) is 5.92 Å². The maximum atomic E-state index is 13.3. The molecule has 5 rings (SSSR count). The maximum Gasteiger partial charge on any atom is 0.273 e. The highest BCUT2D eigenvalue weighted by Gasteiger charge is 2.30. The molecular formula is C37H46N8O3. The van der Waals surface area contributed by atoms with Crippen molar-refractivity contribution in [2.75, 3.05) is 43.7 Å². The van der Waals surface area contributed by atoms with E-state index in [1.807, 2.05) is 81.4 Å². The number of anilines is 4. The van der Waals surface area contributed by atoms with E-state index in [0.29, 0.717) is 17.8 Å². The molecule has 2 heterocycles. The van der Waals surface area contributed by atoms with E-state index in [4.69, 9.17) is 0 Å². The van der Waals surface area contributed by atoms with Crippen LogP contribution in [0.1, 0.15) is 72.1 Å². The van der Waals surface area contributed by atoms with Gasteiger partial charge >= 0.3 is 0 Å². The van der Waals surface area contributed by atoms with Crippen LogP contribution in [0.4, 0.5) is 22.9 Å². The van der Waals surface area contributed by atoms with E-state index in [1.54, 1.807) is 24.2 Å². The monoisotopic (exact) mass is 650 g/mol. The lowest BCUT2D eigenvalue weighted by Gasteiger charge is -2.23. The van der Waals surface area contributed by atoms with E-state index < -0.39 is 5.91 Å². The maximum absolute atomic E-state index is 13.3. The molecule has 0 unspecified atom stereocenters. The van der Waals surface area contributed by atoms with Crippen LogP contribution in [0.15, 0.2) is 66.9 Å². The van der Waals surface area contributed by atoms with Crippen LogP contribution in [0.2, 0.25) is 0 Å². The first-order chi connectivity index (χ1) is 23.2. The lowest BCUT2D eigenvalue weighted by atomic mass is 10.00. The molecule has 48 heavy (non-hydrogen) atoms. The van der Waals surface area contributed by atoms with Crippen molar-refractivity contribution in [2.24, 2.45) is 5.92 Å². The van der Waals surface area contributed by atoms with Crippen molar-refractivity contribution in [1.82, 2.24) is 25.4 Å². The molecule has 0 aliphatic heterocycles. The summed E-state index contributed by atoms with van der Waals surface area (Å²) < 4.78 is 0. The Bertz CT molecular complexity index is 1740. The third kappa shape index (κ3) is 8.72. The molecule has 1 fully saturated rings. The zero-order chi connectivity index (χ0) is 34.8. The Morgan fingerprint density at radius 2 is 1.65 bits per heavy atom. The molecular weight excluding hydrogens is 604 g/mol. The molecule has 0 atom stereocenters. The molecule has 3 amide bonds.